The third-order valence-electron chi connectivity index (χ3n) is 1.94. The fraction of sp³-hybridized carbons (Fsp3) is 0.556. The molecule has 0 saturated carbocycles. The van der Waals surface area contributed by atoms with Gasteiger partial charge in [0.25, 0.3) is 0 Å². The zero-order chi connectivity index (χ0) is 10.4. The van der Waals surface area contributed by atoms with Gasteiger partial charge < -0.3 is 11.1 Å². The average Bonchev–Trinajstić information content (AvgIpc) is 2.52. The highest BCUT2D eigenvalue weighted by Gasteiger charge is 2.05. The number of hydrogen-bond donors (Lipinski definition) is 3. The summed E-state index contributed by atoms with van der Waals surface area (Å²) in [6.07, 6.45) is 5.11. The monoisotopic (exact) mass is 196 g/mol. The van der Waals surface area contributed by atoms with Gasteiger partial charge in [0.1, 0.15) is 0 Å². The quantitative estimate of drug-likeness (QED) is 0.624. The molecule has 0 aliphatic heterocycles. The Morgan fingerprint density at radius 1 is 1.64 bits per heavy atom. The second-order valence-corrected chi connectivity index (χ2v) is 3.21. The van der Waals surface area contributed by atoms with Crippen LogP contribution < -0.4 is 11.1 Å². The first kappa shape index (κ1) is 10.6. The number of H-pyrrole nitrogens is 1. The number of amides is 1. The Morgan fingerprint density at radius 3 is 3.00 bits per heavy atom. The van der Waals surface area contributed by atoms with Crippen molar-refractivity contribution in [2.45, 2.75) is 32.6 Å². The summed E-state index contributed by atoms with van der Waals surface area (Å²) < 4.78 is 0. The Hall–Kier alpha value is -1.52. The number of carbonyl (C=O) groups excluding carboxylic acids is 1. The third-order valence-corrected chi connectivity index (χ3v) is 1.94. The smallest absolute Gasteiger partial charge is 0.225 e. The van der Waals surface area contributed by atoms with Gasteiger partial charge in [-0.15, -0.1) is 0 Å². The van der Waals surface area contributed by atoms with Gasteiger partial charge in [0.05, 0.1) is 11.9 Å². The van der Waals surface area contributed by atoms with Crippen molar-refractivity contribution in [3.63, 3.8) is 0 Å². The van der Waals surface area contributed by atoms with E-state index in [1.54, 1.807) is 0 Å². The molecule has 1 amide bonds. The van der Waals surface area contributed by atoms with Gasteiger partial charge in [-0.1, -0.05) is 19.8 Å². The highest BCUT2D eigenvalue weighted by molar-refractivity contribution is 5.92. The average molecular weight is 196 g/mol. The molecule has 1 aromatic heterocycles. The summed E-state index contributed by atoms with van der Waals surface area (Å²) >= 11 is 0. The molecule has 0 saturated heterocycles. The van der Waals surface area contributed by atoms with Crippen molar-refractivity contribution >= 4 is 17.4 Å². The maximum atomic E-state index is 11.3. The molecule has 0 bridgehead atoms. The number of nitrogens with one attached hydrogen (secondary N) is 2. The van der Waals surface area contributed by atoms with Gasteiger partial charge in [-0.2, -0.15) is 5.10 Å². The number of unbranched alkanes of at least 4 members (excludes halogenated alkanes) is 2. The minimum absolute atomic E-state index is 0.0191. The van der Waals surface area contributed by atoms with Crippen LogP contribution in [-0.2, 0) is 4.79 Å². The molecule has 0 aliphatic rings. The van der Waals surface area contributed by atoms with Gasteiger partial charge in [-0.3, -0.25) is 9.89 Å². The number of carbonyl (C=O) groups is 1. The van der Waals surface area contributed by atoms with Gasteiger partial charge in [0.15, 0.2) is 5.82 Å². The topological polar surface area (TPSA) is 83.8 Å². The van der Waals surface area contributed by atoms with E-state index in [1.165, 1.54) is 6.20 Å². The van der Waals surface area contributed by atoms with E-state index in [4.69, 9.17) is 5.73 Å². The molecule has 0 aromatic carbocycles. The Labute approximate surface area is 83.1 Å². The van der Waals surface area contributed by atoms with Gasteiger partial charge in [0.2, 0.25) is 5.91 Å². The van der Waals surface area contributed by atoms with Crippen molar-refractivity contribution < 1.29 is 4.79 Å². The predicted molar refractivity (Wildman–Crippen MR) is 55.8 cm³/mol. The Kier molecular flexibility index (Phi) is 3.97. The molecule has 5 heteroatoms. The standard InChI is InChI=1S/C9H16N4O/c1-2-3-4-5-8(14)12-9-7(10)6-11-13-9/h6H,2-5,10H2,1H3,(H2,11,12,13,14). The summed E-state index contributed by atoms with van der Waals surface area (Å²) in [5.74, 6) is 0.473. The molecule has 5 nitrogen and oxygen atoms in total. The summed E-state index contributed by atoms with van der Waals surface area (Å²) in [7, 11) is 0. The Bertz CT molecular complexity index is 295. The first-order chi connectivity index (χ1) is 6.74. The predicted octanol–water partition coefficient (Wildman–Crippen LogP) is 1.51. The number of nitrogen functional groups attached to an aromatic ring is 1. The zero-order valence-corrected chi connectivity index (χ0v) is 8.34. The number of anilines is 2. The molecule has 0 radical (unpaired) electrons. The molecule has 1 rings (SSSR count). The van der Waals surface area contributed by atoms with E-state index < -0.39 is 0 Å². The van der Waals surface area contributed by atoms with Crippen LogP contribution >= 0.6 is 0 Å². The summed E-state index contributed by atoms with van der Waals surface area (Å²) in [5, 5.41) is 8.99. The molecule has 0 fully saturated rings. The lowest BCUT2D eigenvalue weighted by molar-refractivity contribution is -0.116. The van der Waals surface area contributed by atoms with E-state index in [-0.39, 0.29) is 5.91 Å². The lowest BCUT2D eigenvalue weighted by atomic mass is 10.2. The van der Waals surface area contributed by atoms with Crippen LogP contribution in [0.4, 0.5) is 11.5 Å². The van der Waals surface area contributed by atoms with Crippen LogP contribution in [0.1, 0.15) is 32.6 Å². The van der Waals surface area contributed by atoms with Crippen LogP contribution in [-0.4, -0.2) is 16.1 Å². The molecule has 0 spiro atoms. The summed E-state index contributed by atoms with van der Waals surface area (Å²) in [5.41, 5.74) is 6.00. The Balaban J connectivity index is 2.31. The van der Waals surface area contributed by atoms with E-state index in [0.29, 0.717) is 17.9 Å². The molecule has 1 aromatic rings. The van der Waals surface area contributed by atoms with Crippen molar-refractivity contribution in [1.29, 1.82) is 0 Å². The normalized spacial score (nSPS) is 10.1. The third kappa shape index (κ3) is 3.08. The van der Waals surface area contributed by atoms with E-state index >= 15 is 0 Å². The highest BCUT2D eigenvalue weighted by atomic mass is 16.1. The summed E-state index contributed by atoms with van der Waals surface area (Å²) in [6, 6.07) is 0. The second-order valence-electron chi connectivity index (χ2n) is 3.21. The molecule has 0 unspecified atom stereocenters. The van der Waals surface area contributed by atoms with Crippen molar-refractivity contribution in [3.05, 3.63) is 6.20 Å². The van der Waals surface area contributed by atoms with Crippen molar-refractivity contribution in [3.8, 4) is 0 Å². The maximum Gasteiger partial charge on any atom is 0.225 e. The number of nitrogens with zero attached hydrogens (tertiary/aromatic N) is 1. The second kappa shape index (κ2) is 5.26. The van der Waals surface area contributed by atoms with E-state index in [0.717, 1.165) is 19.3 Å². The first-order valence-corrected chi connectivity index (χ1v) is 4.82. The van der Waals surface area contributed by atoms with Gasteiger partial charge in [0, 0.05) is 6.42 Å². The van der Waals surface area contributed by atoms with Crippen LogP contribution in [0.5, 0.6) is 0 Å². The largest absolute Gasteiger partial charge is 0.394 e. The fourth-order valence-corrected chi connectivity index (χ4v) is 1.13. The fourth-order valence-electron chi connectivity index (χ4n) is 1.13. The van der Waals surface area contributed by atoms with E-state index in [1.807, 2.05) is 0 Å². The molecule has 78 valence electrons. The molecule has 0 aliphatic carbocycles. The minimum atomic E-state index is -0.0191. The van der Waals surface area contributed by atoms with Crippen molar-refractivity contribution in [1.82, 2.24) is 10.2 Å². The number of aromatic nitrogens is 2. The van der Waals surface area contributed by atoms with Gasteiger partial charge >= 0.3 is 0 Å². The SMILES string of the molecule is CCCCCC(=O)Nc1[nH]ncc1N. The van der Waals surface area contributed by atoms with Crippen molar-refractivity contribution in [2.24, 2.45) is 0 Å². The van der Waals surface area contributed by atoms with E-state index in [2.05, 4.69) is 22.4 Å². The maximum absolute atomic E-state index is 11.3. The van der Waals surface area contributed by atoms with Crippen LogP contribution in [0.2, 0.25) is 0 Å². The molecule has 14 heavy (non-hydrogen) atoms. The molecule has 4 N–H and O–H groups in total. The van der Waals surface area contributed by atoms with Gasteiger partial charge in [-0.25, -0.2) is 0 Å². The number of aromatic amines is 1. The zero-order valence-electron chi connectivity index (χ0n) is 8.34. The summed E-state index contributed by atoms with van der Waals surface area (Å²) in [4.78, 5) is 11.3. The first-order valence-electron chi connectivity index (χ1n) is 4.82. The molecule has 0 atom stereocenters. The van der Waals surface area contributed by atoms with Gasteiger partial charge in [-0.05, 0) is 6.42 Å². The summed E-state index contributed by atoms with van der Waals surface area (Å²) in [6.45, 7) is 2.10. The number of rotatable bonds is 5. The van der Waals surface area contributed by atoms with Crippen molar-refractivity contribution in [2.75, 3.05) is 11.1 Å². The molecular weight excluding hydrogens is 180 g/mol. The van der Waals surface area contributed by atoms with Crippen LogP contribution in [0.3, 0.4) is 0 Å². The van der Waals surface area contributed by atoms with Crippen LogP contribution in [0.25, 0.3) is 0 Å². The highest BCUT2D eigenvalue weighted by Crippen LogP contribution is 2.12. The minimum Gasteiger partial charge on any atom is -0.394 e. The van der Waals surface area contributed by atoms with Crippen LogP contribution in [0.15, 0.2) is 6.20 Å². The number of hydrogen-bond acceptors (Lipinski definition) is 3. The Morgan fingerprint density at radius 2 is 2.43 bits per heavy atom. The lowest BCUT2D eigenvalue weighted by Gasteiger charge is -2.02. The molecule has 1 heterocycles. The lowest BCUT2D eigenvalue weighted by Crippen LogP contribution is -2.12. The molecular formula is C9H16N4O. The van der Waals surface area contributed by atoms with Crippen LogP contribution in [0, 0.1) is 0 Å². The number of nitrogens with two attached hydrogens (primary N) is 1. The van der Waals surface area contributed by atoms with E-state index in [9.17, 15) is 4.79 Å².